The SMILES string of the molecule is O=[N+]([O-])c1ccc(Nc2nc(N/N=C/c3cc4c(cc3[N+](=O)[O-])OCO4)nc(N3CCCCCC3)n2)cc1. The van der Waals surface area contributed by atoms with Gasteiger partial charge in [0.05, 0.1) is 27.7 Å². The Morgan fingerprint density at radius 3 is 2.26 bits per heavy atom. The van der Waals surface area contributed by atoms with Crippen molar-refractivity contribution in [1.29, 1.82) is 0 Å². The van der Waals surface area contributed by atoms with E-state index in [1.807, 2.05) is 0 Å². The van der Waals surface area contributed by atoms with E-state index in [0.717, 1.165) is 38.8 Å². The highest BCUT2D eigenvalue weighted by molar-refractivity contribution is 5.87. The predicted octanol–water partition coefficient (Wildman–Crippen LogP) is 3.99. The number of hydrazone groups is 1. The van der Waals surface area contributed by atoms with Gasteiger partial charge in [0.15, 0.2) is 11.5 Å². The summed E-state index contributed by atoms with van der Waals surface area (Å²) in [4.78, 5) is 36.9. The van der Waals surface area contributed by atoms with Gasteiger partial charge in [0, 0.05) is 30.9 Å². The van der Waals surface area contributed by atoms with Crippen LogP contribution in [-0.4, -0.2) is 50.9 Å². The number of hydrogen-bond acceptors (Lipinski definition) is 13. The molecule has 0 spiro atoms. The van der Waals surface area contributed by atoms with Gasteiger partial charge in [-0.15, -0.1) is 0 Å². The lowest BCUT2D eigenvalue weighted by molar-refractivity contribution is -0.385. The van der Waals surface area contributed by atoms with Crippen LogP contribution < -0.4 is 25.1 Å². The first-order valence-corrected chi connectivity index (χ1v) is 11.9. The highest BCUT2D eigenvalue weighted by Crippen LogP contribution is 2.37. The van der Waals surface area contributed by atoms with Gasteiger partial charge in [-0.25, -0.2) is 5.43 Å². The number of non-ortho nitro benzene ring substituents is 1. The monoisotopic (exact) mass is 521 g/mol. The summed E-state index contributed by atoms with van der Waals surface area (Å²) in [5.41, 5.74) is 3.26. The molecule has 0 bridgehead atoms. The van der Waals surface area contributed by atoms with Crippen LogP contribution in [0, 0.1) is 20.2 Å². The fraction of sp³-hybridized carbons (Fsp3) is 0.304. The van der Waals surface area contributed by atoms with Crippen LogP contribution in [0.1, 0.15) is 31.2 Å². The highest BCUT2D eigenvalue weighted by Gasteiger charge is 2.22. The molecule has 0 amide bonds. The van der Waals surface area contributed by atoms with Crippen molar-refractivity contribution in [3.63, 3.8) is 0 Å². The number of nitrogens with zero attached hydrogens (tertiary/aromatic N) is 7. The molecule has 0 unspecified atom stereocenters. The van der Waals surface area contributed by atoms with E-state index in [-0.39, 0.29) is 35.6 Å². The van der Waals surface area contributed by atoms with E-state index in [9.17, 15) is 20.2 Å². The minimum absolute atomic E-state index is 0.0139. The molecule has 1 saturated heterocycles. The quantitative estimate of drug-likeness (QED) is 0.247. The lowest BCUT2D eigenvalue weighted by Gasteiger charge is -2.21. The maximum atomic E-state index is 11.5. The summed E-state index contributed by atoms with van der Waals surface area (Å²) in [5, 5.41) is 29.6. The Kier molecular flexibility index (Phi) is 7.06. The van der Waals surface area contributed by atoms with Crippen molar-refractivity contribution < 1.29 is 19.3 Å². The Bertz CT molecular complexity index is 1370. The van der Waals surface area contributed by atoms with Gasteiger partial charge < -0.3 is 19.7 Å². The average Bonchev–Trinajstić information content (AvgIpc) is 3.19. The molecule has 3 aromatic rings. The topological polar surface area (TPSA) is 183 Å². The van der Waals surface area contributed by atoms with Crippen LogP contribution in [0.2, 0.25) is 0 Å². The molecular weight excluding hydrogens is 498 g/mol. The normalized spacial score (nSPS) is 14.8. The summed E-state index contributed by atoms with van der Waals surface area (Å²) in [6, 6.07) is 8.62. The molecule has 2 N–H and O–H groups in total. The van der Waals surface area contributed by atoms with Crippen LogP contribution in [0.3, 0.4) is 0 Å². The molecule has 5 rings (SSSR count). The molecule has 15 nitrogen and oxygen atoms in total. The number of hydrogen-bond donors (Lipinski definition) is 2. The molecule has 0 aliphatic carbocycles. The number of anilines is 4. The first-order valence-electron chi connectivity index (χ1n) is 11.9. The zero-order chi connectivity index (χ0) is 26.5. The Balaban J connectivity index is 1.41. The molecule has 1 aromatic heterocycles. The van der Waals surface area contributed by atoms with Gasteiger partial charge in [-0.05, 0) is 31.0 Å². The molecule has 2 aliphatic rings. The molecular formula is C23H23N9O6. The number of rotatable bonds is 8. The van der Waals surface area contributed by atoms with Gasteiger partial charge in [-0.1, -0.05) is 12.8 Å². The number of nitrogens with one attached hydrogen (secondary N) is 2. The minimum atomic E-state index is -0.532. The molecule has 2 aromatic carbocycles. The molecule has 1 fully saturated rings. The molecule has 38 heavy (non-hydrogen) atoms. The highest BCUT2D eigenvalue weighted by atomic mass is 16.7. The van der Waals surface area contributed by atoms with Gasteiger partial charge >= 0.3 is 0 Å². The van der Waals surface area contributed by atoms with Crippen LogP contribution in [-0.2, 0) is 0 Å². The molecule has 3 heterocycles. The van der Waals surface area contributed by atoms with Crippen molar-refractivity contribution in [1.82, 2.24) is 15.0 Å². The molecule has 0 radical (unpaired) electrons. The summed E-state index contributed by atoms with van der Waals surface area (Å²) >= 11 is 0. The van der Waals surface area contributed by atoms with Crippen molar-refractivity contribution in [3.8, 4) is 11.5 Å². The maximum absolute atomic E-state index is 11.5. The number of ether oxygens (including phenoxy) is 2. The number of benzene rings is 2. The second-order valence-corrected chi connectivity index (χ2v) is 8.50. The Labute approximate surface area is 215 Å². The van der Waals surface area contributed by atoms with Crippen LogP contribution in [0.25, 0.3) is 0 Å². The number of aromatic nitrogens is 3. The summed E-state index contributed by atoms with van der Waals surface area (Å²) in [7, 11) is 0. The fourth-order valence-corrected chi connectivity index (χ4v) is 4.05. The Morgan fingerprint density at radius 2 is 1.58 bits per heavy atom. The fourth-order valence-electron chi connectivity index (χ4n) is 4.05. The number of nitro benzene ring substituents is 2. The first kappa shape index (κ1) is 24.6. The van der Waals surface area contributed by atoms with E-state index in [1.165, 1.54) is 30.5 Å². The second kappa shape index (κ2) is 10.9. The van der Waals surface area contributed by atoms with Gasteiger partial charge in [-0.2, -0.15) is 20.1 Å². The van der Waals surface area contributed by atoms with Crippen molar-refractivity contribution in [3.05, 3.63) is 62.2 Å². The van der Waals surface area contributed by atoms with Gasteiger partial charge in [0.25, 0.3) is 11.4 Å². The maximum Gasteiger partial charge on any atom is 0.282 e. The van der Waals surface area contributed by atoms with E-state index >= 15 is 0 Å². The van der Waals surface area contributed by atoms with E-state index in [1.54, 1.807) is 12.1 Å². The zero-order valence-electron chi connectivity index (χ0n) is 20.1. The second-order valence-electron chi connectivity index (χ2n) is 8.50. The summed E-state index contributed by atoms with van der Waals surface area (Å²) in [6.07, 6.45) is 5.54. The summed E-state index contributed by atoms with van der Waals surface area (Å²) in [6.45, 7) is 1.56. The number of nitro groups is 2. The van der Waals surface area contributed by atoms with E-state index in [2.05, 4.69) is 35.7 Å². The molecule has 15 heteroatoms. The lowest BCUT2D eigenvalue weighted by Crippen LogP contribution is -2.26. The lowest BCUT2D eigenvalue weighted by atomic mass is 10.1. The summed E-state index contributed by atoms with van der Waals surface area (Å²) < 4.78 is 10.5. The van der Waals surface area contributed by atoms with Crippen molar-refractivity contribution in [2.75, 3.05) is 35.5 Å². The van der Waals surface area contributed by atoms with Crippen LogP contribution in [0.5, 0.6) is 11.5 Å². The van der Waals surface area contributed by atoms with E-state index < -0.39 is 9.85 Å². The van der Waals surface area contributed by atoms with Gasteiger partial charge in [-0.3, -0.25) is 20.2 Å². The number of fused-ring (bicyclic) bond motifs is 1. The largest absolute Gasteiger partial charge is 0.454 e. The molecule has 0 atom stereocenters. The summed E-state index contributed by atoms with van der Waals surface area (Å²) in [5.74, 6) is 1.44. The molecule has 2 aliphatic heterocycles. The molecule has 0 saturated carbocycles. The van der Waals surface area contributed by atoms with Crippen LogP contribution >= 0.6 is 0 Å². The Hall–Kier alpha value is -5.08. The smallest absolute Gasteiger partial charge is 0.282 e. The van der Waals surface area contributed by atoms with Crippen LogP contribution in [0.15, 0.2) is 41.5 Å². The third-order valence-electron chi connectivity index (χ3n) is 5.93. The third-order valence-corrected chi connectivity index (χ3v) is 5.93. The van der Waals surface area contributed by atoms with Crippen molar-refractivity contribution >= 4 is 41.1 Å². The molecule has 196 valence electrons. The van der Waals surface area contributed by atoms with E-state index in [4.69, 9.17) is 9.47 Å². The third kappa shape index (κ3) is 5.66. The van der Waals surface area contributed by atoms with Crippen molar-refractivity contribution in [2.45, 2.75) is 25.7 Å². The standard InChI is InChI=1S/C23H23N9O6/c33-31(34)17-7-5-16(6-8-17)25-21-26-22(28-23(27-21)30-9-3-1-2-4-10-30)29-24-13-15-11-19-20(38-14-37-19)12-18(15)32(35)36/h5-8,11-13H,1-4,9-10,14H2,(H2,25,26,27,28,29)/b24-13+. The predicted molar refractivity (Wildman–Crippen MR) is 137 cm³/mol. The van der Waals surface area contributed by atoms with Gasteiger partial charge in [0.2, 0.25) is 24.6 Å². The first-order chi connectivity index (χ1) is 18.5. The van der Waals surface area contributed by atoms with Crippen LogP contribution in [0.4, 0.5) is 34.9 Å². The van der Waals surface area contributed by atoms with E-state index in [0.29, 0.717) is 23.1 Å². The minimum Gasteiger partial charge on any atom is -0.454 e. The van der Waals surface area contributed by atoms with Crippen molar-refractivity contribution in [2.24, 2.45) is 5.10 Å². The average molecular weight is 521 g/mol. The van der Waals surface area contributed by atoms with Gasteiger partial charge in [0.1, 0.15) is 0 Å². The Morgan fingerprint density at radius 1 is 0.895 bits per heavy atom. The zero-order valence-corrected chi connectivity index (χ0v) is 20.1.